The predicted octanol–water partition coefficient (Wildman–Crippen LogP) is 2.34. The highest BCUT2D eigenvalue weighted by Gasteiger charge is 2.27. The van der Waals surface area contributed by atoms with Crippen LogP contribution in [0.5, 0.6) is 0 Å². The van der Waals surface area contributed by atoms with Crippen LogP contribution in [-0.2, 0) is 0 Å². The highest BCUT2D eigenvalue weighted by Crippen LogP contribution is 2.26. The number of hydrogen-bond acceptors (Lipinski definition) is 3. The van der Waals surface area contributed by atoms with Gasteiger partial charge in [0.05, 0.1) is 10.0 Å². The molecule has 2 rings (SSSR count). The number of carbonyl (C=O) groups excluding carboxylic acids is 2. The molecule has 3 nitrogen and oxygen atoms in total. The highest BCUT2D eigenvalue weighted by molar-refractivity contribution is 14.1. The lowest BCUT2D eigenvalue weighted by molar-refractivity contribution is 0.0987. The molecule has 0 saturated heterocycles. The SMILES string of the molecule is O=C1C=C(Br)C(=O)c2c(I)ccnc21. The fourth-order valence-corrected chi connectivity index (χ4v) is 2.28. The van der Waals surface area contributed by atoms with Gasteiger partial charge >= 0.3 is 0 Å². The van der Waals surface area contributed by atoms with Crippen LogP contribution in [-0.4, -0.2) is 16.6 Å². The van der Waals surface area contributed by atoms with Gasteiger partial charge in [-0.05, 0) is 44.6 Å². The lowest BCUT2D eigenvalue weighted by Gasteiger charge is -2.11. The number of hydrogen-bond donors (Lipinski definition) is 0. The number of rotatable bonds is 0. The molecule has 1 heterocycles. The number of halogens is 2. The number of allylic oxidation sites excluding steroid dienone is 2. The summed E-state index contributed by atoms with van der Waals surface area (Å²) < 4.78 is 1.04. The predicted molar refractivity (Wildman–Crippen MR) is 62.6 cm³/mol. The van der Waals surface area contributed by atoms with Crippen molar-refractivity contribution in [2.24, 2.45) is 0 Å². The average Bonchev–Trinajstić information content (AvgIpc) is 2.14. The summed E-state index contributed by atoms with van der Waals surface area (Å²) in [5.74, 6) is -0.415. The van der Waals surface area contributed by atoms with Crippen molar-refractivity contribution in [3.8, 4) is 0 Å². The van der Waals surface area contributed by atoms with Crippen LogP contribution < -0.4 is 0 Å². The molecule has 0 aromatic carbocycles. The summed E-state index contributed by atoms with van der Waals surface area (Å²) in [5, 5.41) is 0. The minimum Gasteiger partial charge on any atom is -0.288 e. The van der Waals surface area contributed by atoms with Gasteiger partial charge in [0, 0.05) is 15.8 Å². The summed E-state index contributed by atoms with van der Waals surface area (Å²) in [6, 6.07) is 1.70. The van der Waals surface area contributed by atoms with Gasteiger partial charge in [-0.25, -0.2) is 0 Å². The molecule has 1 aromatic heterocycles. The fraction of sp³-hybridized carbons (Fsp3) is 0. The number of nitrogens with zero attached hydrogens (tertiary/aromatic N) is 1. The number of aromatic nitrogens is 1. The quantitative estimate of drug-likeness (QED) is 0.665. The number of fused-ring (bicyclic) bond motifs is 1. The third kappa shape index (κ3) is 1.44. The van der Waals surface area contributed by atoms with Crippen LogP contribution in [0.1, 0.15) is 20.8 Å². The monoisotopic (exact) mass is 363 g/mol. The molecule has 0 fully saturated rings. The Balaban J connectivity index is 2.76. The number of pyridine rings is 1. The second-order valence-corrected chi connectivity index (χ2v) is 4.72. The molecule has 1 aliphatic rings. The van der Waals surface area contributed by atoms with E-state index < -0.39 is 0 Å². The summed E-state index contributed by atoms with van der Waals surface area (Å²) in [7, 11) is 0. The molecule has 0 aliphatic heterocycles. The maximum Gasteiger partial charge on any atom is 0.206 e. The Kier molecular flexibility index (Phi) is 2.52. The Morgan fingerprint density at radius 3 is 2.79 bits per heavy atom. The van der Waals surface area contributed by atoms with E-state index in [4.69, 9.17) is 0 Å². The standard InChI is InChI=1S/C9H3BrINO2/c10-4-3-6(13)8-7(9(4)14)5(11)1-2-12-8/h1-3H. The first kappa shape index (κ1) is 9.97. The van der Waals surface area contributed by atoms with Crippen molar-refractivity contribution in [3.05, 3.63) is 37.6 Å². The molecule has 1 aromatic rings. The highest BCUT2D eigenvalue weighted by atomic mass is 127. The van der Waals surface area contributed by atoms with Crippen molar-refractivity contribution < 1.29 is 9.59 Å². The van der Waals surface area contributed by atoms with Gasteiger partial charge in [0.2, 0.25) is 11.6 Å². The minimum absolute atomic E-state index is 0.183. The first-order valence-corrected chi connectivity index (χ1v) is 5.59. The molecule has 14 heavy (non-hydrogen) atoms. The van der Waals surface area contributed by atoms with Gasteiger partial charge in [0.25, 0.3) is 0 Å². The van der Waals surface area contributed by atoms with Crippen LogP contribution in [0.4, 0.5) is 0 Å². The lowest BCUT2D eigenvalue weighted by atomic mass is 10.0. The topological polar surface area (TPSA) is 47.0 Å². The summed E-state index contributed by atoms with van der Waals surface area (Å²) in [6.07, 6.45) is 2.78. The molecule has 1 aliphatic carbocycles. The minimum atomic E-state index is -0.231. The van der Waals surface area contributed by atoms with Crippen LogP contribution in [0.15, 0.2) is 22.8 Å². The van der Waals surface area contributed by atoms with E-state index in [1.165, 1.54) is 12.3 Å². The molecule has 0 saturated carbocycles. The number of ketones is 2. The first-order chi connectivity index (χ1) is 6.61. The maximum absolute atomic E-state index is 11.7. The van der Waals surface area contributed by atoms with Crippen LogP contribution in [0, 0.1) is 3.57 Å². The van der Waals surface area contributed by atoms with E-state index in [0.29, 0.717) is 10.0 Å². The first-order valence-electron chi connectivity index (χ1n) is 3.72. The molecule has 0 amide bonds. The number of carbonyl (C=O) groups is 2. The Hall–Kier alpha value is -0.560. The van der Waals surface area contributed by atoms with Gasteiger partial charge in [-0.1, -0.05) is 0 Å². The summed E-state index contributed by atoms with van der Waals surface area (Å²) >= 11 is 5.08. The average molecular weight is 364 g/mol. The van der Waals surface area contributed by atoms with Crippen molar-refractivity contribution in [3.63, 3.8) is 0 Å². The van der Waals surface area contributed by atoms with Gasteiger partial charge in [-0.15, -0.1) is 0 Å². The van der Waals surface area contributed by atoms with Gasteiger partial charge in [0.1, 0.15) is 5.69 Å². The van der Waals surface area contributed by atoms with Gasteiger partial charge in [-0.2, -0.15) is 0 Å². The zero-order valence-electron chi connectivity index (χ0n) is 6.75. The molecule has 0 atom stereocenters. The van der Waals surface area contributed by atoms with Crippen molar-refractivity contribution >= 4 is 50.1 Å². The molecule has 0 bridgehead atoms. The van der Waals surface area contributed by atoms with Gasteiger partial charge in [0.15, 0.2) is 0 Å². The summed E-state index contributed by atoms with van der Waals surface area (Å²) in [5.41, 5.74) is 0.637. The van der Waals surface area contributed by atoms with Crippen molar-refractivity contribution in [2.75, 3.05) is 0 Å². The molecule has 70 valence electrons. The van der Waals surface area contributed by atoms with Crippen molar-refractivity contribution in [1.29, 1.82) is 0 Å². The van der Waals surface area contributed by atoms with Gasteiger partial charge in [-0.3, -0.25) is 14.6 Å². The van der Waals surface area contributed by atoms with Crippen molar-refractivity contribution in [2.45, 2.75) is 0 Å². The van der Waals surface area contributed by atoms with Crippen LogP contribution in [0.25, 0.3) is 0 Å². The zero-order chi connectivity index (χ0) is 10.3. The van der Waals surface area contributed by atoms with E-state index in [-0.39, 0.29) is 17.3 Å². The maximum atomic E-state index is 11.7. The third-order valence-electron chi connectivity index (χ3n) is 1.84. The zero-order valence-corrected chi connectivity index (χ0v) is 10.5. The Bertz CT molecular complexity index is 482. The largest absolute Gasteiger partial charge is 0.288 e. The Labute approximate surface area is 102 Å². The molecule has 0 unspecified atom stereocenters. The smallest absolute Gasteiger partial charge is 0.206 e. The fourth-order valence-electron chi connectivity index (χ4n) is 1.21. The van der Waals surface area contributed by atoms with E-state index in [1.54, 1.807) is 6.07 Å². The van der Waals surface area contributed by atoms with E-state index in [2.05, 4.69) is 20.9 Å². The van der Waals surface area contributed by atoms with E-state index >= 15 is 0 Å². The molecule has 0 radical (unpaired) electrons. The second-order valence-electron chi connectivity index (χ2n) is 2.70. The van der Waals surface area contributed by atoms with Crippen molar-refractivity contribution in [1.82, 2.24) is 4.98 Å². The Morgan fingerprint density at radius 1 is 1.36 bits per heavy atom. The van der Waals surface area contributed by atoms with Crippen LogP contribution in [0.3, 0.4) is 0 Å². The summed E-state index contributed by atoms with van der Waals surface area (Å²) in [6.45, 7) is 0. The normalized spacial score (nSPS) is 15.1. The van der Waals surface area contributed by atoms with E-state index in [1.807, 2.05) is 22.6 Å². The lowest BCUT2D eigenvalue weighted by Crippen LogP contribution is -2.17. The van der Waals surface area contributed by atoms with Gasteiger partial charge < -0.3 is 0 Å². The Morgan fingerprint density at radius 2 is 2.07 bits per heavy atom. The molecular weight excluding hydrogens is 361 g/mol. The molecule has 0 N–H and O–H groups in total. The molecule has 5 heteroatoms. The molecule has 0 spiro atoms. The molecular formula is C9H3BrINO2. The van der Waals surface area contributed by atoms with E-state index in [9.17, 15) is 9.59 Å². The second kappa shape index (κ2) is 3.54. The van der Waals surface area contributed by atoms with Crippen LogP contribution in [0.2, 0.25) is 0 Å². The van der Waals surface area contributed by atoms with Crippen LogP contribution >= 0.6 is 38.5 Å². The van der Waals surface area contributed by atoms with E-state index in [0.717, 1.165) is 3.57 Å². The summed E-state index contributed by atoms with van der Waals surface area (Å²) in [4.78, 5) is 27.0. The number of Topliss-reactive ketones (excluding diaryl/α,β-unsaturated/α-hetero) is 1. The third-order valence-corrected chi connectivity index (χ3v) is 3.32.